The zero-order valence-electron chi connectivity index (χ0n) is 24.5. The second-order valence-electron chi connectivity index (χ2n) is 12.3. The number of nitrogens with zero attached hydrogens (tertiary/aromatic N) is 2. The van der Waals surface area contributed by atoms with Crippen LogP contribution in [0.15, 0.2) is 35.2 Å². The molecule has 0 spiro atoms. The van der Waals surface area contributed by atoms with Gasteiger partial charge < -0.3 is 20.5 Å². The third kappa shape index (κ3) is 6.57. The lowest BCUT2D eigenvalue weighted by Gasteiger charge is -2.53. The van der Waals surface area contributed by atoms with E-state index in [1.54, 1.807) is 18.2 Å². The molecule has 1 aromatic carbocycles. The highest BCUT2D eigenvalue weighted by Gasteiger charge is 2.54. The zero-order chi connectivity index (χ0) is 30.1. The molecule has 0 unspecified atom stereocenters. The van der Waals surface area contributed by atoms with Crippen LogP contribution in [0.4, 0.5) is 5.13 Å². The Labute approximate surface area is 252 Å². The molecule has 6 atom stereocenters. The van der Waals surface area contributed by atoms with Crippen molar-refractivity contribution >= 4 is 38.1 Å². The molecule has 1 aliphatic heterocycles. The number of carbonyl (C=O) groups is 2. The molecule has 1 saturated heterocycles. The van der Waals surface area contributed by atoms with Gasteiger partial charge in [0.15, 0.2) is 15.0 Å². The standard InChI is InChI=1S/C30H42N4O6S2/c1-19(28(37)31-11-12-34-13-15-40-16-14-34)22-9-10-30(3)17-23-26(20(2)25(30)27(22)36)33-29(41-23)32-24(35)18-42(38,39)21-7-5-4-6-8-21/h4-8,19-20,22,25,27,36H,9-18H2,1-3H3,(H,31,37)(H,32,33,35)/t19-,20-,22-,25+,27-,30-/m0/s1. The average molecular weight is 619 g/mol. The molecule has 10 nitrogen and oxygen atoms in total. The summed E-state index contributed by atoms with van der Waals surface area (Å²) in [7, 11) is -3.77. The van der Waals surface area contributed by atoms with Gasteiger partial charge in [-0.1, -0.05) is 39.0 Å². The molecule has 230 valence electrons. The van der Waals surface area contributed by atoms with Gasteiger partial charge in [-0.2, -0.15) is 0 Å². The molecule has 1 aromatic heterocycles. The summed E-state index contributed by atoms with van der Waals surface area (Å²) >= 11 is 1.38. The first-order valence-corrected chi connectivity index (χ1v) is 17.3. The van der Waals surface area contributed by atoms with Crippen LogP contribution in [0.3, 0.4) is 0 Å². The molecule has 2 amide bonds. The Morgan fingerprint density at radius 1 is 1.24 bits per heavy atom. The number of ether oxygens (including phenoxy) is 1. The summed E-state index contributed by atoms with van der Waals surface area (Å²) in [6.07, 6.45) is 1.69. The number of morpholine rings is 1. The van der Waals surface area contributed by atoms with E-state index in [1.807, 2.05) is 6.92 Å². The normalized spacial score (nSPS) is 28.8. The van der Waals surface area contributed by atoms with Crippen molar-refractivity contribution in [2.45, 2.75) is 57.0 Å². The first-order valence-electron chi connectivity index (χ1n) is 14.8. The summed E-state index contributed by atoms with van der Waals surface area (Å²) in [5, 5.41) is 17.9. The molecular weight excluding hydrogens is 576 g/mol. The number of thiazole rings is 1. The summed E-state index contributed by atoms with van der Waals surface area (Å²) in [5.74, 6) is -1.96. The number of sulfone groups is 1. The van der Waals surface area contributed by atoms with Crippen LogP contribution < -0.4 is 10.6 Å². The number of aromatic nitrogens is 1. The van der Waals surface area contributed by atoms with E-state index in [1.165, 1.54) is 23.5 Å². The Bertz CT molecular complexity index is 1380. The highest BCUT2D eigenvalue weighted by atomic mass is 32.2. The van der Waals surface area contributed by atoms with Gasteiger partial charge in [-0.25, -0.2) is 13.4 Å². The number of aliphatic hydroxyl groups excluding tert-OH is 1. The van der Waals surface area contributed by atoms with Gasteiger partial charge in [0.2, 0.25) is 11.8 Å². The minimum absolute atomic E-state index is 0.0239. The second-order valence-corrected chi connectivity index (χ2v) is 15.4. The first kappa shape index (κ1) is 31.1. The lowest BCUT2D eigenvalue weighted by molar-refractivity contribution is -0.134. The van der Waals surface area contributed by atoms with E-state index < -0.39 is 27.6 Å². The minimum Gasteiger partial charge on any atom is -0.392 e. The van der Waals surface area contributed by atoms with Crippen molar-refractivity contribution in [3.63, 3.8) is 0 Å². The van der Waals surface area contributed by atoms with Crippen LogP contribution >= 0.6 is 11.3 Å². The number of aliphatic hydroxyl groups is 1. The molecule has 3 aliphatic rings. The summed E-state index contributed by atoms with van der Waals surface area (Å²) in [6.45, 7) is 10.7. The Hall–Kier alpha value is -2.38. The fourth-order valence-corrected chi connectivity index (χ4v) is 9.59. The van der Waals surface area contributed by atoms with Gasteiger partial charge in [0.05, 0.1) is 29.9 Å². The molecule has 0 bridgehead atoms. The fourth-order valence-electron chi connectivity index (χ4n) is 7.16. The van der Waals surface area contributed by atoms with E-state index in [9.17, 15) is 23.1 Å². The number of benzene rings is 1. The molecule has 2 heterocycles. The molecule has 3 N–H and O–H groups in total. The number of carbonyl (C=O) groups excluding carboxylic acids is 2. The maximum Gasteiger partial charge on any atom is 0.241 e. The van der Waals surface area contributed by atoms with Crippen molar-refractivity contribution in [1.82, 2.24) is 15.2 Å². The SMILES string of the molecule is C[C@H](C(=O)NCCN1CCOCC1)[C@@H]1CC[C@@]2(C)Cc3sc(NC(=O)CS(=O)(=O)c4ccccc4)nc3[C@@H](C)[C@@H]2[C@H]1O. The van der Waals surface area contributed by atoms with Crippen LogP contribution in [0.2, 0.25) is 0 Å². The van der Waals surface area contributed by atoms with Crippen molar-refractivity contribution in [1.29, 1.82) is 0 Å². The summed E-state index contributed by atoms with van der Waals surface area (Å²) in [6, 6.07) is 7.92. The molecule has 1 saturated carbocycles. The molecule has 42 heavy (non-hydrogen) atoms. The quantitative estimate of drug-likeness (QED) is 0.390. The highest BCUT2D eigenvalue weighted by Crippen LogP contribution is 2.57. The van der Waals surface area contributed by atoms with E-state index in [4.69, 9.17) is 9.72 Å². The predicted molar refractivity (Wildman–Crippen MR) is 161 cm³/mol. The lowest BCUT2D eigenvalue weighted by atomic mass is 9.53. The van der Waals surface area contributed by atoms with Crippen molar-refractivity contribution in [3.8, 4) is 0 Å². The Morgan fingerprint density at radius 2 is 1.95 bits per heavy atom. The molecule has 12 heteroatoms. The first-order chi connectivity index (χ1) is 20.0. The largest absolute Gasteiger partial charge is 0.392 e. The van der Waals surface area contributed by atoms with Crippen molar-refractivity contribution in [3.05, 3.63) is 40.9 Å². The molecule has 2 aromatic rings. The Morgan fingerprint density at radius 3 is 2.67 bits per heavy atom. The number of nitrogens with one attached hydrogen (secondary N) is 2. The highest BCUT2D eigenvalue weighted by molar-refractivity contribution is 7.92. The van der Waals surface area contributed by atoms with Crippen molar-refractivity contribution in [2.24, 2.45) is 23.2 Å². The maximum absolute atomic E-state index is 13.1. The van der Waals surface area contributed by atoms with Gasteiger partial charge in [0.25, 0.3) is 0 Å². The molecule has 2 fully saturated rings. The summed E-state index contributed by atoms with van der Waals surface area (Å²) < 4.78 is 30.7. The lowest BCUT2D eigenvalue weighted by Crippen LogP contribution is -2.53. The van der Waals surface area contributed by atoms with Crippen molar-refractivity contribution in [2.75, 3.05) is 50.5 Å². The number of hydrogen-bond donors (Lipinski definition) is 3. The van der Waals surface area contributed by atoms with Gasteiger partial charge in [-0.05, 0) is 48.6 Å². The van der Waals surface area contributed by atoms with E-state index in [0.29, 0.717) is 11.7 Å². The third-order valence-electron chi connectivity index (χ3n) is 9.48. The molecular formula is C30H42N4O6S2. The fraction of sp³-hybridized carbons (Fsp3) is 0.633. The molecule has 5 rings (SSSR count). The van der Waals surface area contributed by atoms with E-state index >= 15 is 0 Å². The summed E-state index contributed by atoms with van der Waals surface area (Å²) in [4.78, 5) is 33.9. The smallest absolute Gasteiger partial charge is 0.241 e. The maximum atomic E-state index is 13.1. The Balaban J connectivity index is 1.22. The number of hydrogen-bond acceptors (Lipinski definition) is 9. The van der Waals surface area contributed by atoms with E-state index in [2.05, 4.69) is 29.4 Å². The topological polar surface area (TPSA) is 138 Å². The third-order valence-corrected chi connectivity index (χ3v) is 12.1. The van der Waals surface area contributed by atoms with Gasteiger partial charge in [0.1, 0.15) is 5.75 Å². The zero-order valence-corrected chi connectivity index (χ0v) is 26.2. The van der Waals surface area contributed by atoms with Gasteiger partial charge in [0, 0.05) is 42.9 Å². The monoisotopic (exact) mass is 618 g/mol. The number of anilines is 1. The predicted octanol–water partition coefficient (Wildman–Crippen LogP) is 2.69. The number of fused-ring (bicyclic) bond motifs is 2. The average Bonchev–Trinajstić information content (AvgIpc) is 3.35. The van der Waals surface area contributed by atoms with Gasteiger partial charge >= 0.3 is 0 Å². The van der Waals surface area contributed by atoms with Gasteiger partial charge in [-0.3, -0.25) is 14.5 Å². The Kier molecular flexibility index (Phi) is 9.39. The summed E-state index contributed by atoms with van der Waals surface area (Å²) in [5.41, 5.74) is 0.672. The number of rotatable bonds is 9. The second kappa shape index (κ2) is 12.7. The van der Waals surface area contributed by atoms with Gasteiger partial charge in [-0.15, -0.1) is 11.3 Å². The molecule has 0 radical (unpaired) electrons. The van der Waals surface area contributed by atoms with Crippen LogP contribution in [0.25, 0.3) is 0 Å². The van der Waals surface area contributed by atoms with Crippen LogP contribution in [0.1, 0.15) is 50.1 Å². The van der Waals surface area contributed by atoms with Crippen LogP contribution in [-0.4, -0.2) is 86.5 Å². The van der Waals surface area contributed by atoms with Crippen LogP contribution in [-0.2, 0) is 30.6 Å². The number of amides is 2. The van der Waals surface area contributed by atoms with Crippen LogP contribution in [0.5, 0.6) is 0 Å². The minimum atomic E-state index is -3.77. The molecule has 2 aliphatic carbocycles. The van der Waals surface area contributed by atoms with Crippen LogP contribution in [0, 0.1) is 23.2 Å². The van der Waals surface area contributed by atoms with E-state index in [-0.39, 0.29) is 39.9 Å². The van der Waals surface area contributed by atoms with E-state index in [0.717, 1.165) is 62.7 Å². The van der Waals surface area contributed by atoms with Crippen molar-refractivity contribution < 1.29 is 27.9 Å².